The lowest BCUT2D eigenvalue weighted by Gasteiger charge is -2.16. The fourth-order valence-electron chi connectivity index (χ4n) is 1.22. The zero-order valence-electron chi connectivity index (χ0n) is 7.88. The quantitative estimate of drug-likeness (QED) is 0.807. The smallest absolute Gasteiger partial charge is 0.251 e. The minimum absolute atomic E-state index is 0.193. The van der Waals surface area contributed by atoms with Gasteiger partial charge in [-0.05, 0) is 18.7 Å². The SMILES string of the molecule is CN(Cc1ccccc1Br)CC(F)F. The van der Waals surface area contributed by atoms with Gasteiger partial charge >= 0.3 is 0 Å². The maximum atomic E-state index is 12.0. The molecule has 14 heavy (non-hydrogen) atoms. The highest BCUT2D eigenvalue weighted by atomic mass is 79.9. The number of halogens is 3. The Morgan fingerprint density at radius 3 is 2.57 bits per heavy atom. The molecule has 0 aliphatic rings. The van der Waals surface area contributed by atoms with Crippen LogP contribution >= 0.6 is 15.9 Å². The van der Waals surface area contributed by atoms with E-state index in [0.717, 1.165) is 10.0 Å². The minimum atomic E-state index is -2.28. The van der Waals surface area contributed by atoms with Crippen LogP contribution in [0.5, 0.6) is 0 Å². The summed E-state index contributed by atoms with van der Waals surface area (Å²) < 4.78 is 25.0. The van der Waals surface area contributed by atoms with Crippen molar-refractivity contribution in [2.24, 2.45) is 0 Å². The molecule has 78 valence electrons. The van der Waals surface area contributed by atoms with E-state index in [1.165, 1.54) is 0 Å². The van der Waals surface area contributed by atoms with E-state index in [1.807, 2.05) is 24.3 Å². The van der Waals surface area contributed by atoms with Crippen LogP contribution in [0.1, 0.15) is 5.56 Å². The Morgan fingerprint density at radius 2 is 2.00 bits per heavy atom. The van der Waals surface area contributed by atoms with Crippen molar-refractivity contribution in [2.75, 3.05) is 13.6 Å². The van der Waals surface area contributed by atoms with E-state index in [0.29, 0.717) is 6.54 Å². The first-order valence-electron chi connectivity index (χ1n) is 4.29. The molecule has 0 bridgehead atoms. The second kappa shape index (κ2) is 5.41. The Kier molecular flexibility index (Phi) is 4.48. The van der Waals surface area contributed by atoms with Crippen LogP contribution in [-0.4, -0.2) is 24.9 Å². The number of nitrogens with zero attached hydrogens (tertiary/aromatic N) is 1. The van der Waals surface area contributed by atoms with Gasteiger partial charge in [0.15, 0.2) is 0 Å². The summed E-state index contributed by atoms with van der Waals surface area (Å²) in [4.78, 5) is 1.60. The van der Waals surface area contributed by atoms with Gasteiger partial charge in [-0.25, -0.2) is 8.78 Å². The third kappa shape index (κ3) is 3.72. The second-order valence-electron chi connectivity index (χ2n) is 3.18. The molecule has 0 heterocycles. The lowest BCUT2D eigenvalue weighted by molar-refractivity contribution is 0.0975. The van der Waals surface area contributed by atoms with Crippen molar-refractivity contribution in [3.8, 4) is 0 Å². The Balaban J connectivity index is 2.56. The molecule has 0 aliphatic heterocycles. The third-order valence-corrected chi connectivity index (χ3v) is 2.62. The van der Waals surface area contributed by atoms with Crippen LogP contribution in [-0.2, 0) is 6.54 Å². The zero-order chi connectivity index (χ0) is 10.6. The molecule has 1 aromatic rings. The number of hydrogen-bond donors (Lipinski definition) is 0. The van der Waals surface area contributed by atoms with Gasteiger partial charge in [0.25, 0.3) is 6.43 Å². The standard InChI is InChI=1S/C10H12BrF2N/c1-14(7-10(12)13)6-8-4-2-3-5-9(8)11/h2-5,10H,6-7H2,1H3. The number of alkyl halides is 2. The highest BCUT2D eigenvalue weighted by molar-refractivity contribution is 9.10. The van der Waals surface area contributed by atoms with Crippen LogP contribution in [0.15, 0.2) is 28.7 Å². The van der Waals surface area contributed by atoms with Crippen molar-refractivity contribution >= 4 is 15.9 Å². The molecule has 4 heteroatoms. The van der Waals surface area contributed by atoms with E-state index >= 15 is 0 Å². The van der Waals surface area contributed by atoms with Crippen molar-refractivity contribution in [2.45, 2.75) is 13.0 Å². The van der Waals surface area contributed by atoms with Gasteiger partial charge < -0.3 is 0 Å². The predicted octanol–water partition coefficient (Wildman–Crippen LogP) is 3.15. The van der Waals surface area contributed by atoms with Gasteiger partial charge in [-0.1, -0.05) is 34.1 Å². The van der Waals surface area contributed by atoms with Gasteiger partial charge in [0.2, 0.25) is 0 Å². The second-order valence-corrected chi connectivity index (χ2v) is 4.03. The molecule has 0 saturated heterocycles. The molecule has 1 nitrogen and oxygen atoms in total. The summed E-state index contributed by atoms with van der Waals surface area (Å²) in [6.07, 6.45) is -2.28. The van der Waals surface area contributed by atoms with E-state index in [-0.39, 0.29) is 6.54 Å². The molecule has 0 saturated carbocycles. The zero-order valence-corrected chi connectivity index (χ0v) is 9.47. The van der Waals surface area contributed by atoms with Crippen molar-refractivity contribution in [1.29, 1.82) is 0 Å². The number of hydrogen-bond acceptors (Lipinski definition) is 1. The Hall–Kier alpha value is -0.480. The van der Waals surface area contributed by atoms with Gasteiger partial charge in [0, 0.05) is 11.0 Å². The first-order chi connectivity index (χ1) is 6.59. The van der Waals surface area contributed by atoms with Crippen LogP contribution in [0, 0.1) is 0 Å². The summed E-state index contributed by atoms with van der Waals surface area (Å²) in [5, 5.41) is 0. The monoisotopic (exact) mass is 263 g/mol. The van der Waals surface area contributed by atoms with Crippen LogP contribution in [0.3, 0.4) is 0 Å². The van der Waals surface area contributed by atoms with E-state index < -0.39 is 6.43 Å². The average molecular weight is 264 g/mol. The van der Waals surface area contributed by atoms with Gasteiger partial charge in [-0.3, -0.25) is 4.90 Å². The lowest BCUT2D eigenvalue weighted by Crippen LogP contribution is -2.24. The number of rotatable bonds is 4. The fraction of sp³-hybridized carbons (Fsp3) is 0.400. The molecule has 0 spiro atoms. The molecule has 1 aromatic carbocycles. The number of benzene rings is 1. The first-order valence-corrected chi connectivity index (χ1v) is 5.09. The summed E-state index contributed by atoms with van der Waals surface area (Å²) >= 11 is 3.38. The van der Waals surface area contributed by atoms with E-state index in [2.05, 4.69) is 15.9 Å². The molecular weight excluding hydrogens is 252 g/mol. The first kappa shape index (κ1) is 11.6. The Bertz CT molecular complexity index is 291. The minimum Gasteiger partial charge on any atom is -0.296 e. The van der Waals surface area contributed by atoms with Gasteiger partial charge in [0.05, 0.1) is 6.54 Å². The molecule has 0 atom stereocenters. The van der Waals surface area contributed by atoms with Crippen LogP contribution in [0.4, 0.5) is 8.78 Å². The van der Waals surface area contributed by atoms with E-state index in [9.17, 15) is 8.78 Å². The van der Waals surface area contributed by atoms with Crippen LogP contribution < -0.4 is 0 Å². The lowest BCUT2D eigenvalue weighted by atomic mass is 10.2. The molecular formula is C10H12BrF2N. The van der Waals surface area contributed by atoms with E-state index in [4.69, 9.17) is 0 Å². The van der Waals surface area contributed by atoms with E-state index in [1.54, 1.807) is 11.9 Å². The molecule has 0 unspecified atom stereocenters. The molecule has 0 amide bonds. The van der Waals surface area contributed by atoms with Crippen molar-refractivity contribution in [1.82, 2.24) is 4.90 Å². The normalized spacial score (nSPS) is 11.3. The van der Waals surface area contributed by atoms with Gasteiger partial charge in [-0.2, -0.15) is 0 Å². The van der Waals surface area contributed by atoms with Gasteiger partial charge in [0.1, 0.15) is 0 Å². The molecule has 0 N–H and O–H groups in total. The Morgan fingerprint density at radius 1 is 1.36 bits per heavy atom. The predicted molar refractivity (Wildman–Crippen MR) is 56.5 cm³/mol. The molecule has 0 fully saturated rings. The topological polar surface area (TPSA) is 3.24 Å². The van der Waals surface area contributed by atoms with Crippen LogP contribution in [0.2, 0.25) is 0 Å². The Labute approximate surface area is 90.8 Å². The summed E-state index contributed by atoms with van der Waals surface area (Å²) in [5.41, 5.74) is 1.02. The summed E-state index contributed by atoms with van der Waals surface area (Å²) in [6.45, 7) is 0.340. The molecule has 0 aromatic heterocycles. The van der Waals surface area contributed by atoms with Crippen LogP contribution in [0.25, 0.3) is 0 Å². The molecule has 0 radical (unpaired) electrons. The maximum absolute atomic E-state index is 12.0. The van der Waals surface area contributed by atoms with Gasteiger partial charge in [-0.15, -0.1) is 0 Å². The van der Waals surface area contributed by atoms with Crippen molar-refractivity contribution < 1.29 is 8.78 Å². The third-order valence-electron chi connectivity index (χ3n) is 1.85. The summed E-state index contributed by atoms with van der Waals surface area (Å²) in [6, 6.07) is 7.63. The fourth-order valence-corrected chi connectivity index (χ4v) is 1.63. The molecule has 0 aliphatic carbocycles. The highest BCUT2D eigenvalue weighted by Gasteiger charge is 2.08. The van der Waals surface area contributed by atoms with Crippen molar-refractivity contribution in [3.05, 3.63) is 34.3 Å². The highest BCUT2D eigenvalue weighted by Crippen LogP contribution is 2.17. The van der Waals surface area contributed by atoms with Crippen molar-refractivity contribution in [3.63, 3.8) is 0 Å². The average Bonchev–Trinajstić information content (AvgIpc) is 2.07. The summed E-state index contributed by atoms with van der Waals surface area (Å²) in [7, 11) is 1.69. The largest absolute Gasteiger partial charge is 0.296 e. The maximum Gasteiger partial charge on any atom is 0.251 e. The molecule has 1 rings (SSSR count). The summed E-state index contributed by atoms with van der Waals surface area (Å²) in [5.74, 6) is 0.